The number of hydrogen-bond acceptors (Lipinski definition) is 5. The van der Waals surface area contributed by atoms with E-state index in [1.165, 1.54) is 283 Å². The fraction of sp³-hybridized carbons (Fsp3) is 0.938. The Balaban J connectivity index is 3.29. The number of unbranched alkanes of at least 4 members (excludes halogenated alkanes) is 47. The number of hydrogen-bond donors (Lipinski definition) is 3. The molecule has 2 unspecified atom stereocenters. The maximum Gasteiger partial charge on any atom is 0.305 e. The van der Waals surface area contributed by atoms with Gasteiger partial charge in [-0.25, -0.2) is 0 Å². The van der Waals surface area contributed by atoms with Crippen molar-refractivity contribution in [1.82, 2.24) is 5.32 Å². The standard InChI is InChI=1S/C64H125NO5/c1-3-5-7-9-11-13-15-38-42-46-50-54-58-64(69)70-59-55-51-47-43-39-36-34-32-30-28-26-24-22-20-18-16-17-19-21-23-25-27-29-31-33-35-37-41-45-49-53-57-63(68)65-61(60-66)62(67)56-52-48-44-40-14-12-10-8-6-4-2/h11,13,61-62,66-67H,3-10,12,14-60H2,1-2H3,(H,65,68)/b13-11-. The molecular formula is C64H125NO5. The molecule has 6 nitrogen and oxygen atoms in total. The highest BCUT2D eigenvalue weighted by Gasteiger charge is 2.20. The first kappa shape index (κ1) is 68.6. The molecule has 0 aliphatic rings. The second-order valence-corrected chi connectivity index (χ2v) is 22.1. The van der Waals surface area contributed by atoms with Gasteiger partial charge in [0.15, 0.2) is 0 Å². The van der Waals surface area contributed by atoms with Crippen LogP contribution in [-0.4, -0.2) is 47.4 Å². The average molecular weight is 989 g/mol. The summed E-state index contributed by atoms with van der Waals surface area (Å²) in [6.45, 7) is 4.94. The highest BCUT2D eigenvalue weighted by molar-refractivity contribution is 5.76. The van der Waals surface area contributed by atoms with Crippen LogP contribution in [0.2, 0.25) is 0 Å². The van der Waals surface area contributed by atoms with Crippen molar-refractivity contribution in [3.8, 4) is 0 Å². The maximum absolute atomic E-state index is 12.4. The van der Waals surface area contributed by atoms with Gasteiger partial charge in [-0.2, -0.15) is 0 Å². The Morgan fingerprint density at radius 3 is 1.04 bits per heavy atom. The summed E-state index contributed by atoms with van der Waals surface area (Å²) in [6, 6.07) is -0.535. The zero-order chi connectivity index (χ0) is 50.7. The van der Waals surface area contributed by atoms with Gasteiger partial charge in [0, 0.05) is 12.8 Å². The summed E-state index contributed by atoms with van der Waals surface area (Å²) in [5, 5.41) is 23.2. The fourth-order valence-corrected chi connectivity index (χ4v) is 10.2. The lowest BCUT2D eigenvalue weighted by molar-refractivity contribution is -0.143. The summed E-state index contributed by atoms with van der Waals surface area (Å²) in [4.78, 5) is 24.4. The van der Waals surface area contributed by atoms with E-state index in [0.717, 1.165) is 44.9 Å². The van der Waals surface area contributed by atoms with Crippen LogP contribution in [0.1, 0.15) is 361 Å². The average Bonchev–Trinajstić information content (AvgIpc) is 3.36. The van der Waals surface area contributed by atoms with E-state index in [9.17, 15) is 19.8 Å². The van der Waals surface area contributed by atoms with Crippen LogP contribution in [0, 0.1) is 0 Å². The van der Waals surface area contributed by atoms with Gasteiger partial charge in [0.05, 0.1) is 25.4 Å². The van der Waals surface area contributed by atoms with E-state index in [-0.39, 0.29) is 18.5 Å². The first-order valence-electron chi connectivity index (χ1n) is 31.9. The van der Waals surface area contributed by atoms with Crippen molar-refractivity contribution in [3.63, 3.8) is 0 Å². The van der Waals surface area contributed by atoms with Crippen LogP contribution < -0.4 is 5.32 Å². The number of carbonyl (C=O) groups excluding carboxylic acids is 2. The van der Waals surface area contributed by atoms with Crippen LogP contribution in [0.4, 0.5) is 0 Å². The van der Waals surface area contributed by atoms with E-state index in [0.29, 0.717) is 25.9 Å². The van der Waals surface area contributed by atoms with Crippen LogP contribution in [0.5, 0.6) is 0 Å². The lowest BCUT2D eigenvalue weighted by Gasteiger charge is -2.22. The van der Waals surface area contributed by atoms with Crippen molar-refractivity contribution < 1.29 is 24.5 Å². The number of nitrogens with one attached hydrogen (secondary N) is 1. The normalized spacial score (nSPS) is 12.6. The highest BCUT2D eigenvalue weighted by atomic mass is 16.5. The number of aliphatic hydroxyl groups excluding tert-OH is 2. The van der Waals surface area contributed by atoms with Crippen LogP contribution in [-0.2, 0) is 14.3 Å². The summed E-state index contributed by atoms with van der Waals surface area (Å²) < 4.78 is 5.47. The third-order valence-corrected chi connectivity index (χ3v) is 15.1. The van der Waals surface area contributed by atoms with Crippen molar-refractivity contribution in [2.24, 2.45) is 0 Å². The molecule has 0 aliphatic carbocycles. The lowest BCUT2D eigenvalue weighted by atomic mass is 10.0. The van der Waals surface area contributed by atoms with Gasteiger partial charge in [0.2, 0.25) is 5.91 Å². The van der Waals surface area contributed by atoms with Gasteiger partial charge in [0.25, 0.3) is 0 Å². The van der Waals surface area contributed by atoms with Crippen molar-refractivity contribution in [3.05, 3.63) is 12.2 Å². The Labute approximate surface area is 438 Å². The number of ether oxygens (including phenoxy) is 1. The monoisotopic (exact) mass is 988 g/mol. The van der Waals surface area contributed by atoms with Gasteiger partial charge in [-0.3, -0.25) is 9.59 Å². The van der Waals surface area contributed by atoms with Gasteiger partial charge in [-0.1, -0.05) is 309 Å². The summed E-state index contributed by atoms with van der Waals surface area (Å²) in [6.07, 6.45) is 72.5. The minimum absolute atomic E-state index is 0.0109. The maximum atomic E-state index is 12.4. The SMILES string of the molecule is CCCCC/C=C\CCCCCCCC(=O)OCCCCCCCCCCCCCCCCCCCCCCCCCCCCCCCCCC(=O)NC(CO)C(O)CCCCCCCCCCCC. The molecule has 0 aromatic heterocycles. The second kappa shape index (κ2) is 60.2. The Bertz CT molecular complexity index is 1050. The van der Waals surface area contributed by atoms with E-state index in [2.05, 4.69) is 31.3 Å². The van der Waals surface area contributed by atoms with Gasteiger partial charge in [-0.05, 0) is 51.4 Å². The van der Waals surface area contributed by atoms with E-state index >= 15 is 0 Å². The number of carbonyl (C=O) groups is 2. The molecule has 0 aromatic rings. The molecule has 0 heterocycles. The number of allylic oxidation sites excluding steroid dienone is 2. The van der Waals surface area contributed by atoms with Crippen LogP contribution in [0.15, 0.2) is 12.2 Å². The Kier molecular flexibility index (Phi) is 59.0. The highest BCUT2D eigenvalue weighted by Crippen LogP contribution is 2.18. The molecule has 0 aromatic carbocycles. The molecule has 3 N–H and O–H groups in total. The van der Waals surface area contributed by atoms with Crippen LogP contribution in [0.25, 0.3) is 0 Å². The summed E-state index contributed by atoms with van der Waals surface area (Å²) in [7, 11) is 0. The minimum atomic E-state index is -0.658. The first-order valence-corrected chi connectivity index (χ1v) is 31.9. The molecule has 0 fully saturated rings. The number of esters is 1. The zero-order valence-electron chi connectivity index (χ0n) is 47.5. The smallest absolute Gasteiger partial charge is 0.305 e. The van der Waals surface area contributed by atoms with Crippen molar-refractivity contribution >= 4 is 11.9 Å². The number of rotatable bonds is 60. The Morgan fingerprint density at radius 2 is 0.671 bits per heavy atom. The fourth-order valence-electron chi connectivity index (χ4n) is 10.2. The third kappa shape index (κ3) is 55.9. The minimum Gasteiger partial charge on any atom is -0.466 e. The predicted molar refractivity (Wildman–Crippen MR) is 306 cm³/mol. The predicted octanol–water partition coefficient (Wildman–Crippen LogP) is 20.0. The van der Waals surface area contributed by atoms with E-state index in [1.807, 2.05) is 0 Å². The molecule has 0 saturated heterocycles. The summed E-state index contributed by atoms with van der Waals surface area (Å²) in [5.41, 5.74) is 0. The summed E-state index contributed by atoms with van der Waals surface area (Å²) in [5.74, 6) is -0.0198. The Morgan fingerprint density at radius 1 is 0.386 bits per heavy atom. The van der Waals surface area contributed by atoms with E-state index < -0.39 is 12.1 Å². The molecule has 0 bridgehead atoms. The lowest BCUT2D eigenvalue weighted by Crippen LogP contribution is -2.45. The summed E-state index contributed by atoms with van der Waals surface area (Å²) >= 11 is 0. The molecule has 416 valence electrons. The second-order valence-electron chi connectivity index (χ2n) is 22.1. The molecule has 0 rings (SSSR count). The molecule has 2 atom stereocenters. The molecule has 0 spiro atoms. The van der Waals surface area contributed by atoms with Gasteiger partial charge < -0.3 is 20.3 Å². The number of aliphatic hydroxyl groups is 2. The van der Waals surface area contributed by atoms with Crippen molar-refractivity contribution in [2.45, 2.75) is 373 Å². The molecule has 0 saturated carbocycles. The molecule has 1 amide bonds. The molecule has 0 aliphatic heterocycles. The Hall–Kier alpha value is -1.40. The van der Waals surface area contributed by atoms with E-state index in [4.69, 9.17) is 4.74 Å². The van der Waals surface area contributed by atoms with Crippen LogP contribution >= 0.6 is 0 Å². The molecular weight excluding hydrogens is 863 g/mol. The molecule has 70 heavy (non-hydrogen) atoms. The van der Waals surface area contributed by atoms with Gasteiger partial charge >= 0.3 is 5.97 Å². The largest absolute Gasteiger partial charge is 0.466 e. The van der Waals surface area contributed by atoms with Crippen molar-refractivity contribution in [2.75, 3.05) is 13.2 Å². The van der Waals surface area contributed by atoms with Crippen LogP contribution in [0.3, 0.4) is 0 Å². The molecule has 6 heteroatoms. The van der Waals surface area contributed by atoms with E-state index in [1.54, 1.807) is 0 Å². The number of amides is 1. The van der Waals surface area contributed by atoms with Gasteiger partial charge in [0.1, 0.15) is 0 Å². The quantitative estimate of drug-likeness (QED) is 0.0321. The van der Waals surface area contributed by atoms with Gasteiger partial charge in [-0.15, -0.1) is 0 Å². The first-order chi connectivity index (χ1) is 34.5. The van der Waals surface area contributed by atoms with Crippen molar-refractivity contribution in [1.29, 1.82) is 0 Å². The topological polar surface area (TPSA) is 95.9 Å². The zero-order valence-corrected chi connectivity index (χ0v) is 47.5. The molecule has 0 radical (unpaired) electrons. The third-order valence-electron chi connectivity index (χ3n) is 15.1.